The van der Waals surface area contributed by atoms with E-state index in [9.17, 15) is 4.79 Å². The van der Waals surface area contributed by atoms with Gasteiger partial charge in [-0.2, -0.15) is 5.10 Å². The minimum atomic E-state index is -0.389. The molecule has 2 aromatic heterocycles. The van der Waals surface area contributed by atoms with Crippen LogP contribution in [0.25, 0.3) is 0 Å². The van der Waals surface area contributed by atoms with Crippen molar-refractivity contribution in [3.8, 4) is 5.75 Å². The van der Waals surface area contributed by atoms with Crippen LogP contribution in [0.2, 0.25) is 0 Å². The highest BCUT2D eigenvalue weighted by Gasteiger charge is 2.21. The van der Waals surface area contributed by atoms with Gasteiger partial charge in [-0.05, 0) is 38.5 Å². The summed E-state index contributed by atoms with van der Waals surface area (Å²) in [6.07, 6.45) is 1.82. The number of anilines is 1. The summed E-state index contributed by atoms with van der Waals surface area (Å²) in [6, 6.07) is 17.7. The Morgan fingerprint density at radius 1 is 1.00 bits per heavy atom. The third-order valence-electron chi connectivity index (χ3n) is 4.95. The maximum Gasteiger partial charge on any atom is 0.279 e. The molecule has 2 aromatic carbocycles. The number of aromatic nitrogens is 3. The lowest BCUT2D eigenvalue weighted by molar-refractivity contribution is 0.101. The molecule has 4 rings (SSSR count). The van der Waals surface area contributed by atoms with Crippen LogP contribution in [0.15, 0.2) is 65.3 Å². The zero-order valence-corrected chi connectivity index (χ0v) is 17.8. The van der Waals surface area contributed by atoms with Crippen molar-refractivity contribution >= 4 is 11.7 Å². The number of benzene rings is 2. The molecule has 0 radical (unpaired) electrons. The van der Waals surface area contributed by atoms with Gasteiger partial charge in [0.25, 0.3) is 5.91 Å². The normalized spacial score (nSPS) is 10.8. The summed E-state index contributed by atoms with van der Waals surface area (Å²) in [5.41, 5.74) is 4.29. The van der Waals surface area contributed by atoms with E-state index in [1.807, 2.05) is 37.4 Å². The van der Waals surface area contributed by atoms with Gasteiger partial charge in [0.05, 0.1) is 12.1 Å². The minimum absolute atomic E-state index is 0.184. The first-order valence-electron chi connectivity index (χ1n) is 10.0. The predicted molar refractivity (Wildman–Crippen MR) is 117 cm³/mol. The molecular weight excluding hydrogens is 392 g/mol. The Kier molecular flexibility index (Phi) is 5.84. The molecule has 2 heterocycles. The lowest BCUT2D eigenvalue weighted by Crippen LogP contribution is -2.16. The standard InChI is InChI=1S/C24H24N4O3/c1-16-4-8-19(9-5-16)14-28-13-12-22(26-28)25-24(29)23-21(18(3)31-27-23)15-30-20-10-6-17(2)7-11-20/h4-13H,14-15H2,1-3H3,(H,25,26,29). The highest BCUT2D eigenvalue weighted by molar-refractivity contribution is 6.03. The molecule has 0 spiro atoms. The van der Waals surface area contributed by atoms with Gasteiger partial charge in [-0.3, -0.25) is 9.48 Å². The smallest absolute Gasteiger partial charge is 0.279 e. The quantitative estimate of drug-likeness (QED) is 0.473. The largest absolute Gasteiger partial charge is 0.489 e. The molecule has 0 unspecified atom stereocenters. The summed E-state index contributed by atoms with van der Waals surface area (Å²) in [6.45, 7) is 6.63. The van der Waals surface area contributed by atoms with Gasteiger partial charge in [0, 0.05) is 12.3 Å². The van der Waals surface area contributed by atoms with Gasteiger partial charge in [-0.25, -0.2) is 0 Å². The fourth-order valence-electron chi connectivity index (χ4n) is 3.10. The molecule has 1 N–H and O–H groups in total. The summed E-state index contributed by atoms with van der Waals surface area (Å²) in [4.78, 5) is 12.8. The Balaban J connectivity index is 1.41. The monoisotopic (exact) mass is 416 g/mol. The topological polar surface area (TPSA) is 82.2 Å². The predicted octanol–water partition coefficient (Wildman–Crippen LogP) is 4.68. The molecule has 0 aliphatic heterocycles. The number of amides is 1. The zero-order valence-electron chi connectivity index (χ0n) is 17.8. The van der Waals surface area contributed by atoms with E-state index in [-0.39, 0.29) is 18.2 Å². The molecule has 0 aliphatic rings. The van der Waals surface area contributed by atoms with E-state index < -0.39 is 0 Å². The first-order valence-corrected chi connectivity index (χ1v) is 10.0. The minimum Gasteiger partial charge on any atom is -0.489 e. The molecule has 0 bridgehead atoms. The summed E-state index contributed by atoms with van der Waals surface area (Å²) in [5.74, 6) is 1.32. The Morgan fingerprint density at radius 2 is 1.68 bits per heavy atom. The number of aryl methyl sites for hydroxylation is 3. The zero-order chi connectivity index (χ0) is 21.8. The average molecular weight is 416 g/mol. The van der Waals surface area contributed by atoms with Gasteiger partial charge in [-0.15, -0.1) is 0 Å². The number of hydrogen-bond acceptors (Lipinski definition) is 5. The highest BCUT2D eigenvalue weighted by atomic mass is 16.5. The van der Waals surface area contributed by atoms with E-state index in [1.165, 1.54) is 5.56 Å². The number of ether oxygens (including phenoxy) is 1. The lowest BCUT2D eigenvalue weighted by atomic mass is 10.1. The van der Waals surface area contributed by atoms with Crippen molar-refractivity contribution in [3.63, 3.8) is 0 Å². The third-order valence-corrected chi connectivity index (χ3v) is 4.95. The molecule has 0 atom stereocenters. The molecule has 7 nitrogen and oxygen atoms in total. The molecule has 31 heavy (non-hydrogen) atoms. The Morgan fingerprint density at radius 3 is 2.39 bits per heavy atom. The second-order valence-electron chi connectivity index (χ2n) is 7.51. The maximum atomic E-state index is 12.8. The van der Waals surface area contributed by atoms with Crippen molar-refractivity contribution in [3.05, 3.63) is 94.5 Å². The Hall–Kier alpha value is -3.87. The van der Waals surface area contributed by atoms with Gasteiger partial charge in [0.15, 0.2) is 11.5 Å². The maximum absolute atomic E-state index is 12.8. The van der Waals surface area contributed by atoms with Crippen LogP contribution in [-0.4, -0.2) is 20.8 Å². The molecule has 0 aliphatic carbocycles. The van der Waals surface area contributed by atoms with Gasteiger partial charge < -0.3 is 14.6 Å². The van der Waals surface area contributed by atoms with Crippen LogP contribution in [0.1, 0.15) is 38.5 Å². The van der Waals surface area contributed by atoms with Gasteiger partial charge in [0.1, 0.15) is 18.1 Å². The summed E-state index contributed by atoms with van der Waals surface area (Å²) < 4.78 is 12.8. The fourth-order valence-corrected chi connectivity index (χ4v) is 3.10. The summed E-state index contributed by atoms with van der Waals surface area (Å²) in [7, 11) is 0. The second-order valence-corrected chi connectivity index (χ2v) is 7.51. The van der Waals surface area contributed by atoms with Crippen molar-refractivity contribution in [2.45, 2.75) is 33.9 Å². The van der Waals surface area contributed by atoms with Crippen LogP contribution in [0.3, 0.4) is 0 Å². The van der Waals surface area contributed by atoms with E-state index >= 15 is 0 Å². The van der Waals surface area contributed by atoms with Crippen LogP contribution in [-0.2, 0) is 13.2 Å². The van der Waals surface area contributed by atoms with Crippen molar-refractivity contribution in [2.24, 2.45) is 0 Å². The summed E-state index contributed by atoms with van der Waals surface area (Å²) in [5, 5.41) is 11.1. The molecule has 0 fully saturated rings. The van der Waals surface area contributed by atoms with E-state index in [2.05, 4.69) is 46.8 Å². The first kappa shape index (κ1) is 20.4. The second kappa shape index (κ2) is 8.87. The van der Waals surface area contributed by atoms with Gasteiger partial charge >= 0.3 is 0 Å². The van der Waals surface area contributed by atoms with E-state index in [1.54, 1.807) is 17.7 Å². The Bertz CT molecular complexity index is 1170. The van der Waals surface area contributed by atoms with E-state index in [0.717, 1.165) is 11.1 Å². The van der Waals surface area contributed by atoms with E-state index in [0.29, 0.717) is 29.4 Å². The van der Waals surface area contributed by atoms with Crippen LogP contribution >= 0.6 is 0 Å². The van der Waals surface area contributed by atoms with Crippen molar-refractivity contribution < 1.29 is 14.1 Å². The van der Waals surface area contributed by atoms with Gasteiger partial charge in [0.2, 0.25) is 0 Å². The molecule has 1 amide bonds. The first-order chi connectivity index (χ1) is 15.0. The molecule has 0 saturated carbocycles. The van der Waals surface area contributed by atoms with Crippen LogP contribution in [0.5, 0.6) is 5.75 Å². The third kappa shape index (κ3) is 5.01. The molecule has 0 saturated heterocycles. The highest BCUT2D eigenvalue weighted by Crippen LogP contribution is 2.19. The molecular formula is C24H24N4O3. The van der Waals surface area contributed by atoms with Crippen LogP contribution in [0, 0.1) is 20.8 Å². The molecule has 158 valence electrons. The van der Waals surface area contributed by atoms with Gasteiger partial charge in [-0.1, -0.05) is 52.7 Å². The van der Waals surface area contributed by atoms with E-state index in [4.69, 9.17) is 9.26 Å². The number of nitrogens with one attached hydrogen (secondary N) is 1. The number of carbonyl (C=O) groups is 1. The lowest BCUT2D eigenvalue weighted by Gasteiger charge is -2.07. The average Bonchev–Trinajstić information content (AvgIpc) is 3.35. The van der Waals surface area contributed by atoms with Crippen LogP contribution in [0.4, 0.5) is 5.82 Å². The summed E-state index contributed by atoms with van der Waals surface area (Å²) >= 11 is 0. The fraction of sp³-hybridized carbons (Fsp3) is 0.208. The molecule has 4 aromatic rings. The molecule has 7 heteroatoms. The number of nitrogens with zero attached hydrogens (tertiary/aromatic N) is 3. The van der Waals surface area contributed by atoms with Crippen LogP contribution < -0.4 is 10.1 Å². The van der Waals surface area contributed by atoms with Crippen molar-refractivity contribution in [2.75, 3.05) is 5.32 Å². The number of hydrogen-bond donors (Lipinski definition) is 1. The van der Waals surface area contributed by atoms with Crippen molar-refractivity contribution in [1.82, 2.24) is 14.9 Å². The SMILES string of the molecule is Cc1ccc(Cn2ccc(NC(=O)c3noc(C)c3COc3ccc(C)cc3)n2)cc1. The number of carbonyl (C=O) groups excluding carboxylic acids is 1. The van der Waals surface area contributed by atoms with Crippen molar-refractivity contribution in [1.29, 1.82) is 0 Å². The Labute approximate surface area is 180 Å². The number of rotatable bonds is 7.